The fraction of sp³-hybridized carbons (Fsp3) is 0.743. The summed E-state index contributed by atoms with van der Waals surface area (Å²) in [7, 11) is 0. The molecule has 0 aromatic carbocycles. The van der Waals surface area contributed by atoms with Crippen molar-refractivity contribution in [1.29, 1.82) is 0 Å². The molecule has 2 saturated heterocycles. The molecule has 0 aromatic rings. The molecule has 0 aromatic heterocycles. The first-order valence-corrected chi connectivity index (χ1v) is 16.6. The van der Waals surface area contributed by atoms with Crippen LogP contribution in [0.4, 0.5) is 0 Å². The van der Waals surface area contributed by atoms with Crippen molar-refractivity contribution in [1.82, 2.24) is 4.90 Å². The lowest BCUT2D eigenvalue weighted by atomic mass is 9.79. The number of amides is 1. The molecule has 9 heteroatoms. The Morgan fingerprint density at radius 1 is 1.00 bits per heavy atom. The molecule has 3 rings (SSSR count). The van der Waals surface area contributed by atoms with Gasteiger partial charge in [0.05, 0.1) is 24.7 Å². The maximum atomic E-state index is 13.1. The number of carbonyl (C=O) groups is 3. The van der Waals surface area contributed by atoms with E-state index < -0.39 is 35.9 Å². The number of Topliss-reactive ketones (excluding diaryl/α,β-unsaturated/α-hetero) is 1. The van der Waals surface area contributed by atoms with E-state index in [1.807, 2.05) is 45.1 Å². The number of likely N-dealkylation sites (tertiary alicyclic amines) is 1. The number of ether oxygens (including phenoxy) is 1. The van der Waals surface area contributed by atoms with Gasteiger partial charge in [-0.3, -0.25) is 9.59 Å². The van der Waals surface area contributed by atoms with E-state index in [0.29, 0.717) is 31.6 Å². The highest BCUT2D eigenvalue weighted by Crippen LogP contribution is 2.37. The van der Waals surface area contributed by atoms with Crippen LogP contribution in [0.1, 0.15) is 105 Å². The van der Waals surface area contributed by atoms with Crippen LogP contribution in [0, 0.1) is 23.7 Å². The average molecular weight is 618 g/mol. The molecule has 248 valence electrons. The van der Waals surface area contributed by atoms with E-state index in [9.17, 15) is 34.8 Å². The number of hydrogen-bond donors (Lipinski definition) is 4. The molecular weight excluding hydrogens is 562 g/mol. The number of piperidine rings is 1. The van der Waals surface area contributed by atoms with Crippen molar-refractivity contribution < 1.29 is 39.5 Å². The van der Waals surface area contributed by atoms with Crippen molar-refractivity contribution in [2.24, 2.45) is 23.7 Å². The van der Waals surface area contributed by atoms with Gasteiger partial charge >= 0.3 is 5.97 Å². The number of nitrogens with zero attached hydrogens (tertiary/aromatic N) is 1. The molecule has 2 aliphatic heterocycles. The van der Waals surface area contributed by atoms with Crippen LogP contribution in [0.25, 0.3) is 0 Å². The standard InChI is InChI=1S/C35H55NO8/c1-23(20-25(3)33(40)27-14-16-28(37)17-15-27)10-6-5-7-11-24(2)31(38)21-29-18-13-26(4)35(43,44-29)22-32(39)36-19-9-8-12-30(36)34(41)42/h5-7,10-11,23,25-31,37-38,43H,8-9,12-22H2,1-4H3,(H,41,42)/b7-5+,10-6+,24-11+/t23-,25-,26-,27?,28?,29+,30+,31+,35+/m1/s1. The predicted octanol–water partition coefficient (Wildman–Crippen LogP) is 4.94. The van der Waals surface area contributed by atoms with Crippen molar-refractivity contribution in [3.8, 4) is 0 Å². The van der Waals surface area contributed by atoms with Gasteiger partial charge in [0.25, 0.3) is 0 Å². The molecule has 0 radical (unpaired) electrons. The van der Waals surface area contributed by atoms with Crippen LogP contribution < -0.4 is 0 Å². The minimum atomic E-state index is -1.71. The minimum Gasteiger partial charge on any atom is -0.480 e. The fourth-order valence-electron chi connectivity index (χ4n) is 6.90. The molecular formula is C35H55NO8. The third-order valence-corrected chi connectivity index (χ3v) is 9.92. The van der Waals surface area contributed by atoms with Gasteiger partial charge in [-0.05, 0) is 82.6 Å². The topological polar surface area (TPSA) is 145 Å². The predicted molar refractivity (Wildman–Crippen MR) is 168 cm³/mol. The Morgan fingerprint density at radius 3 is 2.39 bits per heavy atom. The van der Waals surface area contributed by atoms with Gasteiger partial charge in [0, 0.05) is 30.7 Å². The number of rotatable bonds is 13. The number of carboxylic acid groups (broad SMARTS) is 1. The molecule has 1 amide bonds. The Hall–Kier alpha value is -2.33. The number of carboxylic acids is 1. The first-order chi connectivity index (χ1) is 20.8. The summed E-state index contributed by atoms with van der Waals surface area (Å²) in [6, 6.07) is -0.870. The van der Waals surface area contributed by atoms with Gasteiger partial charge in [-0.2, -0.15) is 0 Å². The highest BCUT2D eigenvalue weighted by molar-refractivity contribution is 5.84. The summed E-state index contributed by atoms with van der Waals surface area (Å²) in [6.45, 7) is 8.12. The van der Waals surface area contributed by atoms with Gasteiger partial charge in [-0.15, -0.1) is 0 Å². The summed E-state index contributed by atoms with van der Waals surface area (Å²) < 4.78 is 6.03. The second kappa shape index (κ2) is 16.8. The Labute approximate surface area is 263 Å². The fourth-order valence-corrected chi connectivity index (χ4v) is 6.90. The summed E-state index contributed by atoms with van der Waals surface area (Å²) in [6.07, 6.45) is 15.1. The van der Waals surface area contributed by atoms with Crippen molar-refractivity contribution in [2.45, 2.75) is 135 Å². The molecule has 0 spiro atoms. The van der Waals surface area contributed by atoms with E-state index in [1.54, 1.807) is 0 Å². The summed E-state index contributed by atoms with van der Waals surface area (Å²) in [4.78, 5) is 38.9. The van der Waals surface area contributed by atoms with Gasteiger partial charge in [0.15, 0.2) is 5.79 Å². The number of aliphatic hydroxyl groups is 3. The monoisotopic (exact) mass is 617 g/mol. The van der Waals surface area contributed by atoms with E-state index in [4.69, 9.17) is 4.74 Å². The van der Waals surface area contributed by atoms with Crippen molar-refractivity contribution >= 4 is 17.7 Å². The Kier molecular flexibility index (Phi) is 13.8. The lowest BCUT2D eigenvalue weighted by Crippen LogP contribution is -2.54. The number of hydrogen-bond acceptors (Lipinski definition) is 7. The zero-order chi connectivity index (χ0) is 32.4. The zero-order valence-corrected chi connectivity index (χ0v) is 27.1. The molecule has 0 bridgehead atoms. The molecule has 4 N–H and O–H groups in total. The number of allylic oxidation sites excluding steroid dienone is 5. The maximum absolute atomic E-state index is 13.1. The molecule has 2 heterocycles. The first-order valence-electron chi connectivity index (χ1n) is 16.6. The molecule has 0 unspecified atom stereocenters. The number of ketones is 1. The average Bonchev–Trinajstić information content (AvgIpc) is 2.98. The van der Waals surface area contributed by atoms with Crippen LogP contribution >= 0.6 is 0 Å². The second-order valence-electron chi connectivity index (χ2n) is 13.6. The minimum absolute atomic E-state index is 0.0108. The van der Waals surface area contributed by atoms with E-state index in [2.05, 4.69) is 13.0 Å². The normalized spacial score (nSPS) is 32.5. The van der Waals surface area contributed by atoms with Crippen molar-refractivity contribution in [3.63, 3.8) is 0 Å². The Balaban J connectivity index is 1.46. The second-order valence-corrected chi connectivity index (χ2v) is 13.6. The Morgan fingerprint density at radius 2 is 1.70 bits per heavy atom. The SMILES string of the molecule is C\C(=C/C=C/C=C/[C@@H](C)C[C@@H](C)C(=O)C1CCC(O)CC1)[C@@H](O)C[C@@H]1CC[C@@H](C)[C@](O)(CC(=O)N2CCCC[C@H]2C(=O)O)O1. The van der Waals surface area contributed by atoms with Crippen LogP contribution in [0.5, 0.6) is 0 Å². The van der Waals surface area contributed by atoms with Gasteiger partial charge in [-0.25, -0.2) is 4.79 Å². The molecule has 1 saturated carbocycles. The number of aliphatic carboxylic acids is 1. The van der Waals surface area contributed by atoms with Gasteiger partial charge in [0.2, 0.25) is 5.91 Å². The molecule has 44 heavy (non-hydrogen) atoms. The zero-order valence-electron chi connectivity index (χ0n) is 27.1. The number of carbonyl (C=O) groups excluding carboxylic acids is 2. The largest absolute Gasteiger partial charge is 0.480 e. The quantitative estimate of drug-likeness (QED) is 0.213. The van der Waals surface area contributed by atoms with Crippen LogP contribution in [0.2, 0.25) is 0 Å². The summed E-state index contributed by atoms with van der Waals surface area (Å²) in [5.41, 5.74) is 0.749. The molecule has 1 aliphatic carbocycles. The van der Waals surface area contributed by atoms with E-state index in [1.165, 1.54) is 4.90 Å². The lowest BCUT2D eigenvalue weighted by Gasteiger charge is -2.43. The summed E-state index contributed by atoms with van der Waals surface area (Å²) >= 11 is 0. The van der Waals surface area contributed by atoms with Gasteiger partial charge in [0.1, 0.15) is 11.8 Å². The van der Waals surface area contributed by atoms with Crippen molar-refractivity contribution in [2.75, 3.05) is 6.54 Å². The Bertz CT molecular complexity index is 1060. The van der Waals surface area contributed by atoms with Gasteiger partial charge in [-0.1, -0.05) is 51.2 Å². The van der Waals surface area contributed by atoms with E-state index in [0.717, 1.165) is 50.5 Å². The van der Waals surface area contributed by atoms with Crippen molar-refractivity contribution in [3.05, 3.63) is 36.0 Å². The molecule has 7 atom stereocenters. The highest BCUT2D eigenvalue weighted by atomic mass is 16.6. The van der Waals surface area contributed by atoms with E-state index >= 15 is 0 Å². The van der Waals surface area contributed by atoms with Crippen LogP contribution in [0.3, 0.4) is 0 Å². The van der Waals surface area contributed by atoms with Gasteiger partial charge < -0.3 is 30.1 Å². The van der Waals surface area contributed by atoms with Crippen LogP contribution in [-0.2, 0) is 19.1 Å². The van der Waals surface area contributed by atoms with Crippen LogP contribution in [0.15, 0.2) is 36.0 Å². The first kappa shape index (κ1) is 36.1. The smallest absolute Gasteiger partial charge is 0.326 e. The molecule has 3 aliphatic rings. The third kappa shape index (κ3) is 10.4. The third-order valence-electron chi connectivity index (χ3n) is 9.92. The maximum Gasteiger partial charge on any atom is 0.326 e. The number of aliphatic hydroxyl groups excluding tert-OH is 2. The highest BCUT2D eigenvalue weighted by Gasteiger charge is 2.45. The summed E-state index contributed by atoms with van der Waals surface area (Å²) in [5.74, 6) is -2.83. The molecule has 3 fully saturated rings. The lowest BCUT2D eigenvalue weighted by molar-refractivity contribution is -0.283. The van der Waals surface area contributed by atoms with E-state index in [-0.39, 0.29) is 42.6 Å². The van der Waals surface area contributed by atoms with Crippen LogP contribution in [-0.4, -0.2) is 79.7 Å². The molecule has 9 nitrogen and oxygen atoms in total. The summed E-state index contributed by atoms with van der Waals surface area (Å²) in [5, 5.41) is 41.4.